The second-order valence-electron chi connectivity index (χ2n) is 14.7. The van der Waals surface area contributed by atoms with Gasteiger partial charge in [-0.05, 0) is 78.5 Å². The lowest BCUT2D eigenvalue weighted by molar-refractivity contribution is -0.298. The minimum Gasteiger partial charge on any atom is -0.459 e. The van der Waals surface area contributed by atoms with Crippen molar-refractivity contribution in [3.8, 4) is 0 Å². The molecule has 2 saturated heterocycles. The van der Waals surface area contributed by atoms with Crippen molar-refractivity contribution in [1.29, 1.82) is 0 Å². The summed E-state index contributed by atoms with van der Waals surface area (Å²) in [6, 6.07) is 3.59. The topological polar surface area (TPSA) is 190 Å². The molecule has 14 atom stereocenters. The summed E-state index contributed by atoms with van der Waals surface area (Å²) >= 11 is 0. The number of cyclic esters (lactones) is 1. The molecule has 0 unspecified atom stereocenters. The van der Waals surface area contributed by atoms with Crippen LogP contribution in [0.25, 0.3) is 0 Å². The molecule has 1 aromatic carbocycles. The van der Waals surface area contributed by atoms with E-state index in [1.807, 2.05) is 6.92 Å². The number of para-hydroxylation sites is 1. The maximum Gasteiger partial charge on any atom is 0.322 e. The van der Waals surface area contributed by atoms with Crippen molar-refractivity contribution in [2.24, 2.45) is 17.8 Å². The molecule has 2 amide bonds. The van der Waals surface area contributed by atoms with Crippen LogP contribution in [0.4, 0.5) is 14.9 Å². The van der Waals surface area contributed by atoms with Crippen LogP contribution in [0.15, 0.2) is 24.3 Å². The molecule has 0 bridgehead atoms. The van der Waals surface area contributed by atoms with Gasteiger partial charge in [0.2, 0.25) is 0 Å². The zero-order valence-electron chi connectivity index (χ0n) is 30.2. The van der Waals surface area contributed by atoms with Crippen molar-refractivity contribution < 1.29 is 53.7 Å². The summed E-state index contributed by atoms with van der Waals surface area (Å²) in [6.45, 7) is 13.4. The molecule has 0 aromatic heterocycles. The number of rotatable bonds is 5. The predicted molar refractivity (Wildman–Crippen MR) is 180 cm³/mol. The molecule has 0 aliphatic carbocycles. The van der Waals surface area contributed by atoms with Crippen molar-refractivity contribution in [3.63, 3.8) is 0 Å². The number of urea groups is 1. The van der Waals surface area contributed by atoms with E-state index in [2.05, 4.69) is 10.6 Å². The maximum absolute atomic E-state index is 14.2. The van der Waals surface area contributed by atoms with Crippen LogP contribution in [-0.4, -0.2) is 122 Å². The van der Waals surface area contributed by atoms with Crippen LogP contribution in [0.5, 0.6) is 0 Å². The van der Waals surface area contributed by atoms with Gasteiger partial charge in [-0.15, -0.1) is 0 Å². The summed E-state index contributed by atoms with van der Waals surface area (Å²) in [6.07, 6.45) is -7.78. The van der Waals surface area contributed by atoms with Crippen LogP contribution >= 0.6 is 0 Å². The molecule has 2 aliphatic rings. The van der Waals surface area contributed by atoms with Crippen molar-refractivity contribution in [3.05, 3.63) is 30.1 Å². The van der Waals surface area contributed by atoms with E-state index in [0.717, 1.165) is 0 Å². The van der Waals surface area contributed by atoms with E-state index in [-0.39, 0.29) is 30.9 Å². The molecular formula is C35H58FN3O10. The van der Waals surface area contributed by atoms with Gasteiger partial charge in [-0.2, -0.15) is 0 Å². The van der Waals surface area contributed by atoms with Crippen LogP contribution in [-0.2, 0) is 19.0 Å². The molecule has 0 radical (unpaired) electrons. The third-order valence-electron chi connectivity index (χ3n) is 10.2. The Kier molecular flexibility index (Phi) is 14.0. The van der Waals surface area contributed by atoms with Crippen molar-refractivity contribution in [2.45, 2.75) is 141 Å². The normalized spacial score (nSPS) is 41.6. The van der Waals surface area contributed by atoms with Gasteiger partial charge in [0.05, 0.1) is 41.6 Å². The number of halogens is 1. The number of amides is 2. The molecule has 1 aromatic rings. The highest BCUT2D eigenvalue weighted by Gasteiger charge is 2.50. The van der Waals surface area contributed by atoms with Gasteiger partial charge in [0.1, 0.15) is 29.7 Å². The standard InChI is InChI=1S/C35H58FN3O10/c1-10-26-35(8,46)29(42)22(6)37-17-18(2)16-34(7,45)30(20(4)27(40)21(5)31(43)48-26)49-32-28(41)25(15-19(3)47-32)39(9)33(44)38-24-14-12-11-13-23(24)36/h11-14,18-22,25-30,32,37,40-42,45-46H,10,15-17H2,1-9H3,(H,38,44)/t18-,19-,20+,21-,22-,25+,26-,27+,28-,29-,30-,32+,34-,35-/m1/s1. The summed E-state index contributed by atoms with van der Waals surface area (Å²) in [4.78, 5) is 27.8. The van der Waals surface area contributed by atoms with Gasteiger partial charge < -0.3 is 55.3 Å². The second-order valence-corrected chi connectivity index (χ2v) is 14.7. The minimum atomic E-state index is -1.81. The number of hydrogen-bond donors (Lipinski definition) is 7. The van der Waals surface area contributed by atoms with E-state index in [1.54, 1.807) is 40.7 Å². The number of likely N-dealkylation sites (N-methyl/N-ethyl adjacent to an activating group) is 1. The quantitative estimate of drug-likeness (QED) is 0.224. The number of carbonyl (C=O) groups excluding carboxylic acids is 2. The highest BCUT2D eigenvalue weighted by molar-refractivity contribution is 5.89. The minimum absolute atomic E-state index is 0.0231. The van der Waals surface area contributed by atoms with E-state index in [0.29, 0.717) is 6.54 Å². The fraction of sp³-hybridized carbons (Fsp3) is 0.771. The van der Waals surface area contributed by atoms with E-state index in [1.165, 1.54) is 44.0 Å². The smallest absolute Gasteiger partial charge is 0.322 e. The van der Waals surface area contributed by atoms with E-state index in [9.17, 15) is 39.5 Å². The summed E-state index contributed by atoms with van der Waals surface area (Å²) in [5.41, 5.74) is -3.49. The molecule has 280 valence electrons. The number of aliphatic hydroxyl groups excluding tert-OH is 3. The Morgan fingerprint density at radius 3 is 2.35 bits per heavy atom. The summed E-state index contributed by atoms with van der Waals surface area (Å²) in [7, 11) is 1.46. The van der Waals surface area contributed by atoms with Gasteiger partial charge >= 0.3 is 12.0 Å². The van der Waals surface area contributed by atoms with Crippen molar-refractivity contribution in [1.82, 2.24) is 10.2 Å². The van der Waals surface area contributed by atoms with Gasteiger partial charge in [-0.3, -0.25) is 4.79 Å². The first-order valence-corrected chi connectivity index (χ1v) is 17.2. The van der Waals surface area contributed by atoms with Gasteiger partial charge in [0.15, 0.2) is 6.29 Å². The molecular weight excluding hydrogens is 641 g/mol. The predicted octanol–water partition coefficient (Wildman–Crippen LogP) is 2.37. The molecule has 7 N–H and O–H groups in total. The molecule has 3 rings (SSSR count). The van der Waals surface area contributed by atoms with E-state index < -0.39 is 95.9 Å². The number of nitrogens with zero attached hydrogens (tertiary/aromatic N) is 1. The lowest BCUT2D eigenvalue weighted by atomic mass is 9.78. The Bertz CT molecular complexity index is 1250. The number of carbonyl (C=O) groups is 2. The summed E-state index contributed by atoms with van der Waals surface area (Å²) in [5.74, 6) is -3.72. The highest BCUT2D eigenvalue weighted by atomic mass is 19.1. The SMILES string of the molecule is CC[C@H]1OC(=O)[C@H](C)[C@@H](O)[C@H](C)[C@@H](O[C@@H]2O[C@H](C)C[C@H](N(C)C(=O)Nc3ccccc3F)[C@H]2O)[C@](C)(O)C[C@@H](C)CN[C@H](C)[C@@H](O)[C@]1(C)O. The highest BCUT2D eigenvalue weighted by Crippen LogP contribution is 2.36. The monoisotopic (exact) mass is 699 g/mol. The number of nitrogens with one attached hydrogen (secondary N) is 2. The first kappa shape index (κ1) is 41.0. The fourth-order valence-electron chi connectivity index (χ4n) is 7.15. The lowest BCUT2D eigenvalue weighted by Crippen LogP contribution is -2.60. The van der Waals surface area contributed by atoms with E-state index in [4.69, 9.17) is 14.2 Å². The van der Waals surface area contributed by atoms with Crippen LogP contribution in [0.3, 0.4) is 0 Å². The Balaban J connectivity index is 1.93. The van der Waals surface area contributed by atoms with Crippen LogP contribution in [0.2, 0.25) is 0 Å². The van der Waals surface area contributed by atoms with Crippen molar-refractivity contribution >= 4 is 17.7 Å². The van der Waals surface area contributed by atoms with E-state index >= 15 is 0 Å². The van der Waals surface area contributed by atoms with Crippen LogP contribution in [0, 0.1) is 23.6 Å². The Morgan fingerprint density at radius 1 is 1.10 bits per heavy atom. The Morgan fingerprint density at radius 2 is 1.73 bits per heavy atom. The third-order valence-corrected chi connectivity index (χ3v) is 10.2. The third kappa shape index (κ3) is 9.67. The van der Waals surface area contributed by atoms with Gasteiger partial charge in [0, 0.05) is 19.0 Å². The number of aliphatic hydroxyl groups is 5. The number of hydrogen-bond acceptors (Lipinski definition) is 11. The molecule has 0 spiro atoms. The average molecular weight is 700 g/mol. The second kappa shape index (κ2) is 16.7. The summed E-state index contributed by atoms with van der Waals surface area (Å²) in [5, 5.41) is 63.2. The van der Waals surface area contributed by atoms with Crippen molar-refractivity contribution in [2.75, 3.05) is 18.9 Å². The van der Waals surface area contributed by atoms with Gasteiger partial charge in [-0.1, -0.05) is 32.9 Å². The molecule has 2 heterocycles. The molecule has 13 nitrogen and oxygen atoms in total. The first-order chi connectivity index (χ1) is 22.7. The molecule has 2 aliphatic heterocycles. The number of esters is 1. The summed E-state index contributed by atoms with van der Waals surface area (Å²) < 4.78 is 32.3. The average Bonchev–Trinajstić information content (AvgIpc) is 3.04. The zero-order chi connectivity index (χ0) is 37.0. The molecule has 2 fully saturated rings. The first-order valence-electron chi connectivity index (χ1n) is 17.2. The lowest BCUT2D eigenvalue weighted by Gasteiger charge is -2.47. The Hall–Kier alpha value is -2.43. The maximum atomic E-state index is 14.2. The Labute approximate surface area is 289 Å². The van der Waals surface area contributed by atoms with Crippen LogP contribution in [0.1, 0.15) is 74.7 Å². The fourth-order valence-corrected chi connectivity index (χ4v) is 7.15. The zero-order valence-corrected chi connectivity index (χ0v) is 30.2. The van der Waals surface area contributed by atoms with Gasteiger partial charge in [-0.25, -0.2) is 9.18 Å². The number of anilines is 1. The molecule has 49 heavy (non-hydrogen) atoms. The largest absolute Gasteiger partial charge is 0.459 e. The number of benzene rings is 1. The molecule has 0 saturated carbocycles. The van der Waals surface area contributed by atoms with Crippen LogP contribution < -0.4 is 10.6 Å². The molecule has 14 heteroatoms. The number of ether oxygens (including phenoxy) is 3. The van der Waals surface area contributed by atoms with Gasteiger partial charge in [0.25, 0.3) is 0 Å².